The molecule has 1 atom stereocenters. The molecule has 0 aliphatic rings. The molecular weight excluding hydrogens is 280 g/mol. The smallest absolute Gasteiger partial charge is 0.308 e. The fraction of sp³-hybridized carbons (Fsp3) is 0.467. The number of nitrogens with zero attached hydrogens (tertiary/aromatic N) is 1. The van der Waals surface area contributed by atoms with Gasteiger partial charge < -0.3 is 10.0 Å². The van der Waals surface area contributed by atoms with Crippen LogP contribution >= 0.6 is 0 Å². The molecule has 6 heteroatoms. The summed E-state index contributed by atoms with van der Waals surface area (Å²) < 4.78 is 27.7. The number of rotatable bonds is 7. The summed E-state index contributed by atoms with van der Waals surface area (Å²) in [4.78, 5) is 24.0. The highest BCUT2D eigenvalue weighted by atomic mass is 19.1. The van der Waals surface area contributed by atoms with Gasteiger partial charge in [0.05, 0.1) is 5.92 Å². The number of anilines is 1. The molecule has 0 aliphatic carbocycles. The monoisotopic (exact) mass is 299 g/mol. The van der Waals surface area contributed by atoms with Gasteiger partial charge in [0.1, 0.15) is 17.3 Å². The van der Waals surface area contributed by atoms with Crippen molar-refractivity contribution in [2.24, 2.45) is 5.92 Å². The molecule has 1 unspecified atom stereocenters. The Kier molecular flexibility index (Phi) is 6.27. The van der Waals surface area contributed by atoms with Gasteiger partial charge in [-0.25, -0.2) is 8.78 Å². The topological polar surface area (TPSA) is 57.6 Å². The molecule has 4 nitrogen and oxygen atoms in total. The van der Waals surface area contributed by atoms with Gasteiger partial charge in [0.15, 0.2) is 0 Å². The highest BCUT2D eigenvalue weighted by Gasteiger charge is 2.26. The molecule has 0 radical (unpaired) electrons. The van der Waals surface area contributed by atoms with Crippen LogP contribution in [0.2, 0.25) is 0 Å². The van der Waals surface area contributed by atoms with Gasteiger partial charge in [-0.2, -0.15) is 0 Å². The molecular formula is C15H19F2NO3. The predicted octanol–water partition coefficient (Wildman–Crippen LogP) is 3.21. The van der Waals surface area contributed by atoms with Crippen molar-refractivity contribution in [3.05, 3.63) is 29.8 Å². The molecule has 1 rings (SSSR count). The largest absolute Gasteiger partial charge is 0.481 e. The number of carbonyl (C=O) groups excluding carboxylic acids is 1. The first kappa shape index (κ1) is 17.1. The predicted molar refractivity (Wildman–Crippen MR) is 75.0 cm³/mol. The van der Waals surface area contributed by atoms with Crippen molar-refractivity contribution in [3.8, 4) is 0 Å². The summed E-state index contributed by atoms with van der Waals surface area (Å²) in [6.07, 6.45) is 1.46. The highest BCUT2D eigenvalue weighted by molar-refractivity contribution is 5.94. The maximum absolute atomic E-state index is 13.9. The average molecular weight is 299 g/mol. The number of carbonyl (C=O) groups is 2. The summed E-state index contributed by atoms with van der Waals surface area (Å²) in [5, 5.41) is 8.95. The van der Waals surface area contributed by atoms with Gasteiger partial charge >= 0.3 is 5.97 Å². The zero-order valence-electron chi connectivity index (χ0n) is 12.1. The third-order valence-corrected chi connectivity index (χ3v) is 3.13. The summed E-state index contributed by atoms with van der Waals surface area (Å²) in [6.45, 7) is 3.01. The SMILES string of the molecule is CCCCC(=O)N(CC(C)C(=O)O)c1c(F)cccc1F. The Morgan fingerprint density at radius 1 is 1.29 bits per heavy atom. The normalized spacial score (nSPS) is 12.0. The first-order valence-corrected chi connectivity index (χ1v) is 6.85. The molecule has 1 amide bonds. The van der Waals surface area contributed by atoms with Crippen LogP contribution in [0.25, 0.3) is 0 Å². The number of carboxylic acids is 1. The minimum atomic E-state index is -1.12. The van der Waals surface area contributed by atoms with E-state index in [-0.39, 0.29) is 13.0 Å². The number of carboxylic acid groups (broad SMARTS) is 1. The Hall–Kier alpha value is -1.98. The quantitative estimate of drug-likeness (QED) is 0.841. The lowest BCUT2D eigenvalue weighted by Crippen LogP contribution is -2.38. The number of halogens is 2. The lowest BCUT2D eigenvalue weighted by Gasteiger charge is -2.25. The summed E-state index contributed by atoms with van der Waals surface area (Å²) in [6, 6.07) is 3.29. The Labute approximate surface area is 122 Å². The standard InChI is InChI=1S/C15H19F2NO3/c1-3-4-8-13(19)18(9-10(2)15(20)21)14-11(16)6-5-7-12(14)17/h5-7,10H,3-4,8-9H2,1-2H3,(H,20,21). The fourth-order valence-corrected chi connectivity index (χ4v) is 1.88. The van der Waals surface area contributed by atoms with E-state index in [1.165, 1.54) is 13.0 Å². The van der Waals surface area contributed by atoms with Crippen molar-refractivity contribution >= 4 is 17.6 Å². The maximum atomic E-state index is 13.9. The van der Waals surface area contributed by atoms with E-state index >= 15 is 0 Å². The third-order valence-electron chi connectivity index (χ3n) is 3.13. The molecule has 116 valence electrons. The fourth-order valence-electron chi connectivity index (χ4n) is 1.88. The summed E-state index contributed by atoms with van der Waals surface area (Å²) in [5.41, 5.74) is -0.480. The van der Waals surface area contributed by atoms with Crippen LogP contribution in [0.15, 0.2) is 18.2 Å². The molecule has 21 heavy (non-hydrogen) atoms. The highest BCUT2D eigenvalue weighted by Crippen LogP contribution is 2.25. The van der Waals surface area contributed by atoms with E-state index in [1.807, 2.05) is 6.92 Å². The van der Waals surface area contributed by atoms with E-state index in [0.29, 0.717) is 6.42 Å². The molecule has 0 bridgehead atoms. The summed E-state index contributed by atoms with van der Waals surface area (Å²) in [5.74, 6) is -4.28. The van der Waals surface area contributed by atoms with Gasteiger partial charge in [-0.1, -0.05) is 26.3 Å². The third kappa shape index (κ3) is 4.51. The zero-order chi connectivity index (χ0) is 16.0. The molecule has 0 spiro atoms. The number of unbranched alkanes of at least 4 members (excludes halogenated alkanes) is 1. The van der Waals surface area contributed by atoms with Gasteiger partial charge in [0, 0.05) is 13.0 Å². The summed E-state index contributed by atoms with van der Waals surface area (Å²) >= 11 is 0. The van der Waals surface area contributed by atoms with Gasteiger partial charge in [0.25, 0.3) is 0 Å². The Balaban J connectivity index is 3.12. The first-order valence-electron chi connectivity index (χ1n) is 6.85. The number of para-hydroxylation sites is 1. The van der Waals surface area contributed by atoms with Gasteiger partial charge in [-0.3, -0.25) is 9.59 Å². The second-order valence-electron chi connectivity index (χ2n) is 4.92. The molecule has 0 aromatic heterocycles. The van der Waals surface area contributed by atoms with Gasteiger partial charge in [0.2, 0.25) is 5.91 Å². The van der Waals surface area contributed by atoms with E-state index in [4.69, 9.17) is 5.11 Å². The van der Waals surface area contributed by atoms with Crippen molar-refractivity contribution in [3.63, 3.8) is 0 Å². The lowest BCUT2D eigenvalue weighted by atomic mass is 10.1. The van der Waals surface area contributed by atoms with E-state index in [9.17, 15) is 18.4 Å². The van der Waals surface area contributed by atoms with Crippen molar-refractivity contribution in [2.75, 3.05) is 11.4 Å². The van der Waals surface area contributed by atoms with Crippen LogP contribution in [-0.2, 0) is 9.59 Å². The molecule has 0 aliphatic heterocycles. The van der Waals surface area contributed by atoms with E-state index in [1.54, 1.807) is 0 Å². The molecule has 1 aromatic rings. The van der Waals surface area contributed by atoms with Gasteiger partial charge in [-0.05, 0) is 18.6 Å². The van der Waals surface area contributed by atoms with Crippen LogP contribution in [-0.4, -0.2) is 23.5 Å². The number of hydrogen-bond donors (Lipinski definition) is 1. The molecule has 1 aromatic carbocycles. The van der Waals surface area contributed by atoms with Crippen LogP contribution in [0.1, 0.15) is 33.1 Å². The zero-order valence-corrected chi connectivity index (χ0v) is 12.1. The van der Waals surface area contributed by atoms with E-state index in [2.05, 4.69) is 0 Å². The van der Waals surface area contributed by atoms with Crippen LogP contribution in [0.3, 0.4) is 0 Å². The van der Waals surface area contributed by atoms with Crippen molar-refractivity contribution in [2.45, 2.75) is 33.1 Å². The Morgan fingerprint density at radius 2 is 1.86 bits per heavy atom. The first-order chi connectivity index (χ1) is 9.88. The van der Waals surface area contributed by atoms with E-state index < -0.39 is 35.1 Å². The molecule has 1 N–H and O–H groups in total. The molecule has 0 saturated heterocycles. The molecule has 0 saturated carbocycles. The Bertz CT molecular complexity index is 499. The average Bonchev–Trinajstić information content (AvgIpc) is 2.43. The number of amides is 1. The Morgan fingerprint density at radius 3 is 2.33 bits per heavy atom. The van der Waals surface area contributed by atoms with E-state index in [0.717, 1.165) is 23.5 Å². The van der Waals surface area contributed by atoms with Gasteiger partial charge in [-0.15, -0.1) is 0 Å². The van der Waals surface area contributed by atoms with Crippen LogP contribution in [0, 0.1) is 17.6 Å². The van der Waals surface area contributed by atoms with Crippen molar-refractivity contribution < 1.29 is 23.5 Å². The number of benzene rings is 1. The van der Waals surface area contributed by atoms with Crippen molar-refractivity contribution in [1.29, 1.82) is 0 Å². The number of hydrogen-bond acceptors (Lipinski definition) is 2. The van der Waals surface area contributed by atoms with Crippen LogP contribution < -0.4 is 4.90 Å². The lowest BCUT2D eigenvalue weighted by molar-refractivity contribution is -0.140. The number of aliphatic carboxylic acids is 1. The second-order valence-corrected chi connectivity index (χ2v) is 4.92. The van der Waals surface area contributed by atoms with Crippen LogP contribution in [0.4, 0.5) is 14.5 Å². The minimum Gasteiger partial charge on any atom is -0.481 e. The molecule has 0 heterocycles. The van der Waals surface area contributed by atoms with Crippen molar-refractivity contribution in [1.82, 2.24) is 0 Å². The molecule has 0 fully saturated rings. The second kappa shape index (κ2) is 7.71. The minimum absolute atomic E-state index is 0.122. The maximum Gasteiger partial charge on any atom is 0.308 e. The summed E-state index contributed by atoms with van der Waals surface area (Å²) in [7, 11) is 0. The van der Waals surface area contributed by atoms with Crippen LogP contribution in [0.5, 0.6) is 0 Å².